The number of ether oxygens (including phenoxy) is 1. The van der Waals surface area contributed by atoms with Crippen LogP contribution >= 0.6 is 11.3 Å². The number of nitrogens with zero attached hydrogens (tertiary/aromatic N) is 4. The molecule has 1 N–H and O–H groups in total. The number of sulfonamides is 1. The first kappa shape index (κ1) is 22.6. The van der Waals surface area contributed by atoms with Gasteiger partial charge in [-0.2, -0.15) is 4.31 Å². The molecule has 10 nitrogen and oxygen atoms in total. The fraction of sp³-hybridized carbons (Fsp3) is 0.450. The van der Waals surface area contributed by atoms with Gasteiger partial charge in [0.1, 0.15) is 9.90 Å². The Kier molecular flexibility index (Phi) is 7.04. The van der Waals surface area contributed by atoms with E-state index >= 15 is 0 Å². The highest BCUT2D eigenvalue weighted by molar-refractivity contribution is 7.91. The zero-order chi connectivity index (χ0) is 22.6. The predicted molar refractivity (Wildman–Crippen MR) is 119 cm³/mol. The van der Waals surface area contributed by atoms with Crippen LogP contribution in [0.5, 0.6) is 0 Å². The summed E-state index contributed by atoms with van der Waals surface area (Å²) in [7, 11) is -3.59. The first-order valence-corrected chi connectivity index (χ1v) is 12.6. The van der Waals surface area contributed by atoms with Crippen molar-refractivity contribution in [2.24, 2.45) is 0 Å². The third kappa shape index (κ3) is 5.09. The number of aromatic nitrogens is 1. The Hall–Kier alpha value is -2.54. The van der Waals surface area contributed by atoms with Crippen LogP contribution in [0.2, 0.25) is 0 Å². The fourth-order valence-corrected chi connectivity index (χ4v) is 6.36. The molecule has 3 amide bonds. The monoisotopic (exact) mass is 479 g/mol. The van der Waals surface area contributed by atoms with Crippen molar-refractivity contribution in [2.45, 2.75) is 10.6 Å². The number of anilines is 1. The molecule has 0 bridgehead atoms. The minimum Gasteiger partial charge on any atom is -0.379 e. The average molecular weight is 480 g/mol. The molecule has 2 aromatic rings. The molecule has 2 fully saturated rings. The van der Waals surface area contributed by atoms with Crippen LogP contribution < -0.4 is 5.32 Å². The fourth-order valence-electron chi connectivity index (χ4n) is 3.60. The van der Waals surface area contributed by atoms with Crippen molar-refractivity contribution in [3.8, 4) is 0 Å². The van der Waals surface area contributed by atoms with Gasteiger partial charge in [-0.15, -0.1) is 11.3 Å². The van der Waals surface area contributed by atoms with Crippen LogP contribution in [0.4, 0.5) is 9.80 Å². The summed E-state index contributed by atoms with van der Waals surface area (Å²) in [5.74, 6) is -0.149. The summed E-state index contributed by atoms with van der Waals surface area (Å²) in [6.07, 6.45) is 2.23. The van der Waals surface area contributed by atoms with Crippen LogP contribution in [0.25, 0.3) is 0 Å². The second-order valence-electron chi connectivity index (χ2n) is 7.41. The van der Waals surface area contributed by atoms with Crippen molar-refractivity contribution in [1.29, 1.82) is 0 Å². The number of hydrogen-bond acceptors (Lipinski definition) is 7. The van der Waals surface area contributed by atoms with Crippen molar-refractivity contribution >= 4 is 38.3 Å². The van der Waals surface area contributed by atoms with Gasteiger partial charge in [-0.25, -0.2) is 13.2 Å². The molecule has 0 radical (unpaired) electrons. The molecular weight excluding hydrogens is 454 g/mol. The lowest BCUT2D eigenvalue weighted by atomic mass is 10.3. The molecule has 172 valence electrons. The second kappa shape index (κ2) is 9.94. The summed E-state index contributed by atoms with van der Waals surface area (Å²) < 4.78 is 32.3. The number of carbonyl (C=O) groups excluding carboxylic acids is 2. The van der Waals surface area contributed by atoms with E-state index in [0.29, 0.717) is 69.6 Å². The van der Waals surface area contributed by atoms with Crippen molar-refractivity contribution in [3.63, 3.8) is 0 Å². The number of morpholine rings is 1. The number of nitrogens with one attached hydrogen (secondary N) is 1. The highest BCUT2D eigenvalue weighted by Gasteiger charge is 2.28. The SMILES string of the molecule is O=C(Nc1ccc(S(=O)(=O)N2CCOCC2)s1)N1CCCN(C(=O)c2ccccn2)CC1. The number of amides is 3. The Labute approximate surface area is 190 Å². The Bertz CT molecular complexity index is 1050. The molecule has 0 unspecified atom stereocenters. The minimum atomic E-state index is -3.59. The smallest absolute Gasteiger partial charge is 0.322 e. The zero-order valence-electron chi connectivity index (χ0n) is 17.5. The molecule has 2 aromatic heterocycles. The maximum Gasteiger partial charge on any atom is 0.322 e. The van der Waals surface area contributed by atoms with E-state index in [1.54, 1.807) is 40.3 Å². The van der Waals surface area contributed by atoms with Gasteiger partial charge in [0.2, 0.25) is 0 Å². The molecular formula is C20H25N5O5S2. The topological polar surface area (TPSA) is 112 Å². The molecule has 2 aliphatic rings. The molecule has 12 heteroatoms. The Morgan fingerprint density at radius 3 is 2.47 bits per heavy atom. The minimum absolute atomic E-state index is 0.149. The van der Waals surface area contributed by atoms with Gasteiger partial charge < -0.3 is 14.5 Å². The van der Waals surface area contributed by atoms with E-state index in [2.05, 4.69) is 10.3 Å². The molecule has 4 heterocycles. The number of thiophene rings is 1. The van der Waals surface area contributed by atoms with E-state index < -0.39 is 10.0 Å². The summed E-state index contributed by atoms with van der Waals surface area (Å²) in [6, 6.07) is 8.01. The Morgan fingerprint density at radius 1 is 0.969 bits per heavy atom. The van der Waals surface area contributed by atoms with E-state index in [4.69, 9.17) is 4.74 Å². The van der Waals surface area contributed by atoms with E-state index in [0.717, 1.165) is 11.3 Å². The number of rotatable bonds is 4. The first-order valence-electron chi connectivity index (χ1n) is 10.4. The van der Waals surface area contributed by atoms with Crippen LogP contribution in [0.1, 0.15) is 16.9 Å². The van der Waals surface area contributed by atoms with Crippen molar-refractivity contribution in [2.75, 3.05) is 57.8 Å². The van der Waals surface area contributed by atoms with E-state index in [9.17, 15) is 18.0 Å². The van der Waals surface area contributed by atoms with Crippen LogP contribution in [0.15, 0.2) is 40.7 Å². The first-order chi connectivity index (χ1) is 15.4. The highest BCUT2D eigenvalue weighted by Crippen LogP contribution is 2.29. The largest absolute Gasteiger partial charge is 0.379 e. The van der Waals surface area contributed by atoms with Crippen LogP contribution in [-0.4, -0.2) is 91.9 Å². The standard InChI is InChI=1S/C20H25N5O5S2/c26-19(16-4-1-2-7-21-16)23-8-3-9-24(11-10-23)20(27)22-17-5-6-18(31-17)32(28,29)25-12-14-30-15-13-25/h1-2,4-7H,3,8-15H2,(H,22,27). The van der Waals surface area contributed by atoms with Crippen LogP contribution in [0.3, 0.4) is 0 Å². The molecule has 0 aromatic carbocycles. The number of pyridine rings is 1. The summed E-state index contributed by atoms with van der Waals surface area (Å²) in [5.41, 5.74) is 0.387. The molecule has 0 spiro atoms. The van der Waals surface area contributed by atoms with Crippen LogP contribution in [-0.2, 0) is 14.8 Å². The van der Waals surface area contributed by atoms with Gasteiger partial charge in [-0.3, -0.25) is 15.1 Å². The third-order valence-corrected chi connectivity index (χ3v) is 8.70. The lowest BCUT2D eigenvalue weighted by Crippen LogP contribution is -2.40. The molecule has 2 aliphatic heterocycles. The molecule has 32 heavy (non-hydrogen) atoms. The van der Waals surface area contributed by atoms with Gasteiger partial charge >= 0.3 is 6.03 Å². The number of hydrogen-bond donors (Lipinski definition) is 1. The normalized spacial score (nSPS) is 18.2. The van der Waals surface area contributed by atoms with Gasteiger partial charge in [0.05, 0.1) is 18.2 Å². The maximum atomic E-state index is 12.8. The van der Waals surface area contributed by atoms with E-state index in [1.807, 2.05) is 0 Å². The third-order valence-electron chi connectivity index (χ3n) is 5.33. The van der Waals surface area contributed by atoms with Gasteiger partial charge in [0.15, 0.2) is 0 Å². The molecule has 4 rings (SSSR count). The van der Waals surface area contributed by atoms with Gasteiger partial charge in [0, 0.05) is 45.5 Å². The van der Waals surface area contributed by atoms with Gasteiger partial charge in [0.25, 0.3) is 15.9 Å². The number of carbonyl (C=O) groups is 2. The zero-order valence-corrected chi connectivity index (χ0v) is 19.1. The average Bonchev–Trinajstić information content (AvgIpc) is 3.15. The Balaban J connectivity index is 1.35. The van der Waals surface area contributed by atoms with E-state index in [-0.39, 0.29) is 16.1 Å². The summed E-state index contributed by atoms with van der Waals surface area (Å²) in [6.45, 7) is 3.24. The van der Waals surface area contributed by atoms with Gasteiger partial charge in [-0.05, 0) is 30.7 Å². The molecule has 0 aliphatic carbocycles. The number of urea groups is 1. The van der Waals surface area contributed by atoms with Crippen molar-refractivity contribution in [3.05, 3.63) is 42.2 Å². The summed E-state index contributed by atoms with van der Waals surface area (Å²) in [5, 5.41) is 3.26. The van der Waals surface area contributed by atoms with Crippen molar-refractivity contribution in [1.82, 2.24) is 19.1 Å². The van der Waals surface area contributed by atoms with Crippen molar-refractivity contribution < 1.29 is 22.7 Å². The van der Waals surface area contributed by atoms with E-state index in [1.165, 1.54) is 10.4 Å². The predicted octanol–water partition coefficient (Wildman–Crippen LogP) is 1.54. The summed E-state index contributed by atoms with van der Waals surface area (Å²) in [4.78, 5) is 32.8. The van der Waals surface area contributed by atoms with Gasteiger partial charge in [-0.1, -0.05) is 6.07 Å². The maximum absolute atomic E-state index is 12.8. The molecule has 2 saturated heterocycles. The van der Waals surface area contributed by atoms with Crippen LogP contribution in [0, 0.1) is 0 Å². The molecule has 0 saturated carbocycles. The summed E-state index contributed by atoms with van der Waals surface area (Å²) >= 11 is 1.03. The highest BCUT2D eigenvalue weighted by atomic mass is 32.2. The Morgan fingerprint density at radius 2 is 1.72 bits per heavy atom. The lowest BCUT2D eigenvalue weighted by Gasteiger charge is -2.25. The lowest BCUT2D eigenvalue weighted by molar-refractivity contribution is 0.0731. The quantitative estimate of drug-likeness (QED) is 0.712. The second-order valence-corrected chi connectivity index (χ2v) is 10.7. The molecule has 0 atom stereocenters.